The number of nitro benzene ring substituents is 1. The number of nitro groups is 1. The molecule has 2 aromatic carbocycles. The van der Waals surface area contributed by atoms with Crippen LogP contribution in [0.15, 0.2) is 36.4 Å². The van der Waals surface area contributed by atoms with E-state index < -0.39 is 10.8 Å². The molecule has 0 aromatic heterocycles. The topological polar surface area (TPSA) is 93.5 Å². The lowest BCUT2D eigenvalue weighted by atomic mass is 10.1. The number of thiocarbonyl (C=S) groups is 1. The third kappa shape index (κ3) is 4.65. The standard InChI is InChI=1S/C16H14ClN3O4S/c1-9-3-4-10(7-13(9)20(22)23)15(21)19-16(25)18-11-5-6-14(24-2)12(17)8-11/h3-8H,1-2H3,(H2,18,19,21,25). The molecular weight excluding hydrogens is 366 g/mol. The van der Waals surface area contributed by atoms with E-state index in [9.17, 15) is 14.9 Å². The first-order chi connectivity index (χ1) is 11.8. The molecule has 0 aliphatic carbocycles. The molecular formula is C16H14ClN3O4S. The zero-order valence-electron chi connectivity index (χ0n) is 13.3. The summed E-state index contributed by atoms with van der Waals surface area (Å²) in [5.74, 6) is -0.0469. The average molecular weight is 380 g/mol. The first kappa shape index (κ1) is 18.6. The maximum absolute atomic E-state index is 12.2. The third-order valence-electron chi connectivity index (χ3n) is 3.30. The van der Waals surface area contributed by atoms with Gasteiger partial charge in [-0.1, -0.05) is 17.7 Å². The lowest BCUT2D eigenvalue weighted by molar-refractivity contribution is -0.385. The molecule has 0 atom stereocenters. The van der Waals surface area contributed by atoms with Crippen molar-refractivity contribution >= 4 is 46.2 Å². The van der Waals surface area contributed by atoms with Gasteiger partial charge in [0, 0.05) is 22.9 Å². The quantitative estimate of drug-likeness (QED) is 0.478. The van der Waals surface area contributed by atoms with E-state index in [-0.39, 0.29) is 16.4 Å². The van der Waals surface area contributed by atoms with Gasteiger partial charge in [-0.3, -0.25) is 20.2 Å². The monoisotopic (exact) mass is 379 g/mol. The van der Waals surface area contributed by atoms with Gasteiger partial charge in [0.05, 0.1) is 17.1 Å². The van der Waals surface area contributed by atoms with Gasteiger partial charge in [0.1, 0.15) is 5.75 Å². The normalized spacial score (nSPS) is 10.0. The SMILES string of the molecule is COc1ccc(NC(=S)NC(=O)c2ccc(C)c([N+](=O)[O-])c2)cc1Cl. The van der Waals surface area contributed by atoms with Gasteiger partial charge in [0.2, 0.25) is 0 Å². The van der Waals surface area contributed by atoms with E-state index >= 15 is 0 Å². The highest BCUT2D eigenvalue weighted by molar-refractivity contribution is 7.80. The second-order valence-electron chi connectivity index (χ2n) is 5.02. The van der Waals surface area contributed by atoms with Crippen LogP contribution in [-0.4, -0.2) is 23.1 Å². The van der Waals surface area contributed by atoms with Gasteiger partial charge in [-0.2, -0.15) is 0 Å². The summed E-state index contributed by atoms with van der Waals surface area (Å²) in [5, 5.41) is 16.7. The van der Waals surface area contributed by atoms with Crippen molar-refractivity contribution in [3.63, 3.8) is 0 Å². The number of nitrogens with zero attached hydrogens (tertiary/aromatic N) is 1. The molecule has 0 unspecified atom stereocenters. The number of halogens is 1. The number of amides is 1. The van der Waals surface area contributed by atoms with Crippen LogP contribution in [0, 0.1) is 17.0 Å². The molecule has 25 heavy (non-hydrogen) atoms. The Bertz CT molecular complexity index is 857. The maximum Gasteiger partial charge on any atom is 0.273 e. The number of benzene rings is 2. The predicted octanol–water partition coefficient (Wildman–Crippen LogP) is 3.69. The fraction of sp³-hybridized carbons (Fsp3) is 0.125. The number of methoxy groups -OCH3 is 1. The van der Waals surface area contributed by atoms with Crippen LogP contribution in [0.1, 0.15) is 15.9 Å². The van der Waals surface area contributed by atoms with Gasteiger partial charge in [-0.15, -0.1) is 0 Å². The zero-order chi connectivity index (χ0) is 18.6. The van der Waals surface area contributed by atoms with Crippen LogP contribution in [0.2, 0.25) is 5.02 Å². The van der Waals surface area contributed by atoms with Crippen LogP contribution in [0.3, 0.4) is 0 Å². The zero-order valence-corrected chi connectivity index (χ0v) is 14.9. The largest absolute Gasteiger partial charge is 0.495 e. The molecule has 0 bridgehead atoms. The van der Waals surface area contributed by atoms with Gasteiger partial charge in [0.25, 0.3) is 11.6 Å². The third-order valence-corrected chi connectivity index (χ3v) is 3.80. The van der Waals surface area contributed by atoms with E-state index in [1.54, 1.807) is 25.1 Å². The van der Waals surface area contributed by atoms with Crippen molar-refractivity contribution < 1.29 is 14.5 Å². The predicted molar refractivity (Wildman–Crippen MR) is 99.5 cm³/mol. The second kappa shape index (κ2) is 7.91. The fourth-order valence-electron chi connectivity index (χ4n) is 2.03. The Morgan fingerprint density at radius 3 is 2.60 bits per heavy atom. The summed E-state index contributed by atoms with van der Waals surface area (Å²) in [6.07, 6.45) is 0. The average Bonchev–Trinajstić information content (AvgIpc) is 2.54. The lowest BCUT2D eigenvalue weighted by Gasteiger charge is -2.11. The van der Waals surface area contributed by atoms with Crippen LogP contribution in [0.5, 0.6) is 5.75 Å². The van der Waals surface area contributed by atoms with Crippen molar-refractivity contribution in [2.45, 2.75) is 6.92 Å². The molecule has 1 amide bonds. The summed E-state index contributed by atoms with van der Waals surface area (Å²) in [7, 11) is 1.50. The highest BCUT2D eigenvalue weighted by atomic mass is 35.5. The van der Waals surface area contributed by atoms with Gasteiger partial charge in [-0.05, 0) is 43.4 Å². The number of hydrogen-bond acceptors (Lipinski definition) is 5. The Hall–Kier alpha value is -2.71. The van der Waals surface area contributed by atoms with Crippen molar-refractivity contribution in [2.75, 3.05) is 12.4 Å². The molecule has 0 fully saturated rings. The van der Waals surface area contributed by atoms with Crippen LogP contribution in [0.25, 0.3) is 0 Å². The van der Waals surface area contributed by atoms with E-state index in [0.29, 0.717) is 22.0 Å². The number of carbonyl (C=O) groups excluding carboxylic acids is 1. The summed E-state index contributed by atoms with van der Waals surface area (Å²) in [4.78, 5) is 22.6. The number of ether oxygens (including phenoxy) is 1. The number of anilines is 1. The fourth-order valence-corrected chi connectivity index (χ4v) is 2.50. The first-order valence-electron chi connectivity index (χ1n) is 7.02. The Labute approximate surface area is 154 Å². The van der Waals surface area contributed by atoms with Crippen LogP contribution in [0.4, 0.5) is 11.4 Å². The minimum Gasteiger partial charge on any atom is -0.495 e. The number of hydrogen-bond donors (Lipinski definition) is 2. The summed E-state index contributed by atoms with van der Waals surface area (Å²) < 4.78 is 5.05. The molecule has 0 heterocycles. The van der Waals surface area contributed by atoms with Gasteiger partial charge < -0.3 is 10.1 Å². The smallest absolute Gasteiger partial charge is 0.273 e. The Balaban J connectivity index is 2.08. The molecule has 0 saturated heterocycles. The lowest BCUT2D eigenvalue weighted by Crippen LogP contribution is -2.34. The molecule has 0 aliphatic rings. The van der Waals surface area contributed by atoms with Crippen molar-refractivity contribution in [1.82, 2.24) is 5.32 Å². The van der Waals surface area contributed by atoms with Crippen LogP contribution < -0.4 is 15.4 Å². The van der Waals surface area contributed by atoms with Gasteiger partial charge >= 0.3 is 0 Å². The van der Waals surface area contributed by atoms with E-state index in [2.05, 4.69) is 10.6 Å². The minimum absolute atomic E-state index is 0.0365. The molecule has 2 aromatic rings. The van der Waals surface area contributed by atoms with Crippen LogP contribution in [-0.2, 0) is 0 Å². The summed E-state index contributed by atoms with van der Waals surface area (Å²) in [6.45, 7) is 1.60. The van der Waals surface area contributed by atoms with Crippen molar-refractivity contribution in [1.29, 1.82) is 0 Å². The summed E-state index contributed by atoms with van der Waals surface area (Å²) >= 11 is 11.1. The summed E-state index contributed by atoms with van der Waals surface area (Å²) in [5.41, 5.74) is 1.03. The first-order valence-corrected chi connectivity index (χ1v) is 7.81. The van der Waals surface area contributed by atoms with E-state index in [0.717, 1.165) is 0 Å². The molecule has 9 heteroatoms. The number of aryl methyl sites for hydroxylation is 1. The molecule has 130 valence electrons. The van der Waals surface area contributed by atoms with Gasteiger partial charge in [-0.25, -0.2) is 0 Å². The van der Waals surface area contributed by atoms with Crippen molar-refractivity contribution in [3.05, 3.63) is 62.7 Å². The Kier molecular flexibility index (Phi) is 5.89. The van der Waals surface area contributed by atoms with Crippen molar-refractivity contribution in [3.8, 4) is 5.75 Å². The highest BCUT2D eigenvalue weighted by Gasteiger charge is 2.16. The second-order valence-corrected chi connectivity index (χ2v) is 5.83. The van der Waals surface area contributed by atoms with Crippen molar-refractivity contribution in [2.24, 2.45) is 0 Å². The van der Waals surface area contributed by atoms with E-state index in [1.165, 1.54) is 25.3 Å². The minimum atomic E-state index is -0.555. The number of rotatable bonds is 4. The molecule has 0 radical (unpaired) electrons. The Morgan fingerprint density at radius 2 is 2.00 bits per heavy atom. The Morgan fingerprint density at radius 1 is 1.28 bits per heavy atom. The molecule has 2 N–H and O–H groups in total. The number of nitrogens with one attached hydrogen (secondary N) is 2. The number of carbonyl (C=O) groups is 1. The summed E-state index contributed by atoms with van der Waals surface area (Å²) in [6, 6.07) is 9.13. The maximum atomic E-state index is 12.2. The molecule has 0 spiro atoms. The van der Waals surface area contributed by atoms with E-state index in [1.807, 2.05) is 0 Å². The van der Waals surface area contributed by atoms with E-state index in [4.69, 9.17) is 28.6 Å². The molecule has 0 saturated carbocycles. The molecule has 2 rings (SSSR count). The highest BCUT2D eigenvalue weighted by Crippen LogP contribution is 2.27. The van der Waals surface area contributed by atoms with Gasteiger partial charge in [0.15, 0.2) is 5.11 Å². The molecule has 7 nitrogen and oxygen atoms in total. The molecule has 0 aliphatic heterocycles. The van der Waals surface area contributed by atoms with Crippen LogP contribution >= 0.6 is 23.8 Å².